The van der Waals surface area contributed by atoms with Crippen LogP contribution in [-0.2, 0) is 0 Å². The summed E-state index contributed by atoms with van der Waals surface area (Å²) in [5, 5.41) is 13.2. The first-order valence-electron chi connectivity index (χ1n) is 6.94. The smallest absolute Gasteiger partial charge is 0.165 e. The van der Waals surface area contributed by atoms with Gasteiger partial charge in [-0.15, -0.1) is 0 Å². The summed E-state index contributed by atoms with van der Waals surface area (Å²) in [6.07, 6.45) is 0. The number of halogens is 2. The zero-order valence-corrected chi connectivity index (χ0v) is 12.2. The van der Waals surface area contributed by atoms with Crippen LogP contribution in [0.25, 0.3) is 0 Å². The van der Waals surface area contributed by atoms with Crippen molar-refractivity contribution in [3.05, 3.63) is 29.3 Å². The van der Waals surface area contributed by atoms with Crippen molar-refractivity contribution in [1.82, 2.24) is 10.2 Å². The molecule has 1 fully saturated rings. The number of benzene rings is 1. The molecule has 0 saturated carbocycles. The molecule has 1 aromatic rings. The van der Waals surface area contributed by atoms with Crippen LogP contribution in [-0.4, -0.2) is 36.2 Å². The molecule has 1 atom stereocenters. The number of nitrogens with one attached hydrogen (secondary N) is 1. The third-order valence-electron chi connectivity index (χ3n) is 3.73. The molecule has 0 aliphatic carbocycles. The highest BCUT2D eigenvalue weighted by molar-refractivity contribution is 5.38. The summed E-state index contributed by atoms with van der Waals surface area (Å²) < 4.78 is 27.8. The van der Waals surface area contributed by atoms with Crippen LogP contribution in [0.5, 0.6) is 5.75 Å². The third-order valence-corrected chi connectivity index (χ3v) is 3.73. The maximum absolute atomic E-state index is 14.2. The number of hydrogen-bond donors (Lipinski definition) is 2. The molecule has 1 saturated heterocycles. The Kier molecular flexibility index (Phi) is 4.30. The summed E-state index contributed by atoms with van der Waals surface area (Å²) >= 11 is 0. The maximum Gasteiger partial charge on any atom is 0.165 e. The first-order chi connectivity index (χ1) is 9.32. The lowest BCUT2D eigenvalue weighted by molar-refractivity contribution is 0.0808. The fraction of sp³-hybridized carbons (Fsp3) is 0.600. The van der Waals surface area contributed by atoms with E-state index in [-0.39, 0.29) is 17.0 Å². The highest BCUT2D eigenvalue weighted by Crippen LogP contribution is 2.43. The standard InChI is InChI=1S/C15H22F2N2O/c1-15(2,3)14(19-8-6-18-7-9-19)12-10(16)4-5-11(17)13(12)20/h4-5,14,18,20H,6-9H2,1-3H3/t14-/m1/s1. The van der Waals surface area contributed by atoms with Crippen molar-refractivity contribution in [1.29, 1.82) is 0 Å². The molecule has 2 rings (SSSR count). The van der Waals surface area contributed by atoms with Crippen LogP contribution in [0.4, 0.5) is 8.78 Å². The molecule has 0 bridgehead atoms. The van der Waals surface area contributed by atoms with Gasteiger partial charge in [-0.05, 0) is 17.5 Å². The minimum atomic E-state index is -0.772. The van der Waals surface area contributed by atoms with Gasteiger partial charge in [0, 0.05) is 32.2 Å². The average molecular weight is 284 g/mol. The van der Waals surface area contributed by atoms with Gasteiger partial charge in [0.05, 0.1) is 5.56 Å². The van der Waals surface area contributed by atoms with Crippen molar-refractivity contribution in [2.75, 3.05) is 26.2 Å². The summed E-state index contributed by atoms with van der Waals surface area (Å²) in [4.78, 5) is 2.11. The molecule has 0 aromatic heterocycles. The van der Waals surface area contributed by atoms with Crippen molar-refractivity contribution in [2.45, 2.75) is 26.8 Å². The SMILES string of the molecule is CC(C)(C)[C@@H](c1c(F)ccc(F)c1O)N1CCNCC1. The highest BCUT2D eigenvalue weighted by atomic mass is 19.1. The van der Waals surface area contributed by atoms with E-state index in [1.54, 1.807) is 0 Å². The van der Waals surface area contributed by atoms with E-state index in [0.29, 0.717) is 0 Å². The number of phenolic OH excluding ortho intramolecular Hbond substituents is 1. The largest absolute Gasteiger partial charge is 0.505 e. The summed E-state index contributed by atoms with van der Waals surface area (Å²) in [6, 6.07) is 1.69. The zero-order valence-electron chi connectivity index (χ0n) is 12.2. The van der Waals surface area contributed by atoms with Gasteiger partial charge in [-0.1, -0.05) is 20.8 Å². The number of hydrogen-bond acceptors (Lipinski definition) is 3. The normalized spacial score (nSPS) is 19.1. The molecule has 5 heteroatoms. The molecule has 2 N–H and O–H groups in total. The molecule has 1 aliphatic heterocycles. The van der Waals surface area contributed by atoms with Gasteiger partial charge in [0.15, 0.2) is 11.6 Å². The first-order valence-corrected chi connectivity index (χ1v) is 6.94. The second kappa shape index (κ2) is 5.66. The zero-order chi connectivity index (χ0) is 14.9. The Morgan fingerprint density at radius 1 is 1.15 bits per heavy atom. The van der Waals surface area contributed by atoms with Crippen molar-refractivity contribution in [3.8, 4) is 5.75 Å². The van der Waals surface area contributed by atoms with Gasteiger partial charge < -0.3 is 10.4 Å². The lowest BCUT2D eigenvalue weighted by Gasteiger charge is -2.42. The van der Waals surface area contributed by atoms with Gasteiger partial charge in [0.25, 0.3) is 0 Å². The lowest BCUT2D eigenvalue weighted by atomic mass is 9.80. The predicted molar refractivity (Wildman–Crippen MR) is 74.7 cm³/mol. The molecule has 1 heterocycles. The number of rotatable bonds is 2. The number of aromatic hydroxyl groups is 1. The third kappa shape index (κ3) is 2.94. The van der Waals surface area contributed by atoms with E-state index in [2.05, 4.69) is 10.2 Å². The Bertz CT molecular complexity index is 479. The molecule has 20 heavy (non-hydrogen) atoms. The van der Waals surface area contributed by atoms with Gasteiger partial charge in [-0.2, -0.15) is 0 Å². The Morgan fingerprint density at radius 2 is 1.70 bits per heavy atom. The molecule has 1 aliphatic rings. The minimum absolute atomic E-state index is 0.0689. The predicted octanol–water partition coefficient (Wildman–Crippen LogP) is 2.66. The van der Waals surface area contributed by atoms with Crippen molar-refractivity contribution in [3.63, 3.8) is 0 Å². The van der Waals surface area contributed by atoms with Gasteiger partial charge in [0.1, 0.15) is 5.82 Å². The topological polar surface area (TPSA) is 35.5 Å². The second-order valence-electron chi connectivity index (χ2n) is 6.35. The van der Waals surface area contributed by atoms with E-state index in [1.807, 2.05) is 20.8 Å². The summed E-state index contributed by atoms with van der Waals surface area (Å²) in [7, 11) is 0. The second-order valence-corrected chi connectivity index (χ2v) is 6.35. The highest BCUT2D eigenvalue weighted by Gasteiger charge is 2.36. The summed E-state index contributed by atoms with van der Waals surface area (Å²) in [5.41, 5.74) is -0.247. The van der Waals surface area contributed by atoms with E-state index in [9.17, 15) is 13.9 Å². The molecule has 0 amide bonds. The number of phenols is 1. The molecular weight excluding hydrogens is 262 g/mol. The quantitative estimate of drug-likeness (QED) is 0.876. The molecule has 0 radical (unpaired) electrons. The van der Waals surface area contributed by atoms with E-state index >= 15 is 0 Å². The number of piperazine rings is 1. The van der Waals surface area contributed by atoms with Crippen LogP contribution in [0.2, 0.25) is 0 Å². The van der Waals surface area contributed by atoms with Gasteiger partial charge in [-0.3, -0.25) is 4.90 Å². The van der Waals surface area contributed by atoms with Gasteiger partial charge >= 0.3 is 0 Å². The van der Waals surface area contributed by atoms with E-state index in [4.69, 9.17) is 0 Å². The van der Waals surface area contributed by atoms with Crippen LogP contribution in [0.15, 0.2) is 12.1 Å². The fourth-order valence-electron chi connectivity index (χ4n) is 2.92. The Labute approximate surface area is 118 Å². The van der Waals surface area contributed by atoms with Crippen molar-refractivity contribution < 1.29 is 13.9 Å². The maximum atomic E-state index is 14.2. The molecule has 3 nitrogen and oxygen atoms in total. The van der Waals surface area contributed by atoms with Crippen LogP contribution in [0.3, 0.4) is 0 Å². The van der Waals surface area contributed by atoms with Gasteiger partial charge in [-0.25, -0.2) is 8.78 Å². The molecule has 1 aromatic carbocycles. The monoisotopic (exact) mass is 284 g/mol. The van der Waals surface area contributed by atoms with E-state index < -0.39 is 17.4 Å². The number of nitrogens with zero attached hydrogens (tertiary/aromatic N) is 1. The van der Waals surface area contributed by atoms with Crippen LogP contribution < -0.4 is 5.32 Å². The Morgan fingerprint density at radius 3 is 2.25 bits per heavy atom. The van der Waals surface area contributed by atoms with Crippen LogP contribution in [0.1, 0.15) is 32.4 Å². The Hall–Kier alpha value is -1.20. The van der Waals surface area contributed by atoms with E-state index in [1.165, 1.54) is 0 Å². The van der Waals surface area contributed by atoms with Crippen LogP contribution in [0, 0.1) is 17.0 Å². The Balaban J connectivity index is 2.49. The first kappa shape index (κ1) is 15.2. The molecular formula is C15H22F2N2O. The average Bonchev–Trinajstić information content (AvgIpc) is 2.39. The van der Waals surface area contributed by atoms with Crippen molar-refractivity contribution in [2.24, 2.45) is 5.41 Å². The fourth-order valence-corrected chi connectivity index (χ4v) is 2.92. The minimum Gasteiger partial charge on any atom is -0.505 e. The van der Waals surface area contributed by atoms with Gasteiger partial charge in [0.2, 0.25) is 0 Å². The molecule has 0 spiro atoms. The van der Waals surface area contributed by atoms with Crippen LogP contribution >= 0.6 is 0 Å². The summed E-state index contributed by atoms with van der Waals surface area (Å²) in [6.45, 7) is 9.04. The summed E-state index contributed by atoms with van der Waals surface area (Å²) in [5.74, 6) is -1.89. The lowest BCUT2D eigenvalue weighted by Crippen LogP contribution is -2.48. The van der Waals surface area contributed by atoms with E-state index in [0.717, 1.165) is 38.3 Å². The molecule has 0 unspecified atom stereocenters. The van der Waals surface area contributed by atoms with Crippen molar-refractivity contribution >= 4 is 0 Å². The molecule has 112 valence electrons.